The van der Waals surface area contributed by atoms with Crippen LogP contribution in [0.25, 0.3) is 0 Å². The molecule has 0 spiro atoms. The smallest absolute Gasteiger partial charge is 0.267 e. The molecule has 1 N–H and O–H groups in total. The van der Waals surface area contributed by atoms with Crippen LogP contribution in [0.1, 0.15) is 41.5 Å². The molecule has 0 atom stereocenters. The van der Waals surface area contributed by atoms with Gasteiger partial charge < -0.3 is 0 Å². The number of hydrazine groups is 1. The van der Waals surface area contributed by atoms with Gasteiger partial charge >= 0.3 is 0 Å². The van der Waals surface area contributed by atoms with Crippen LogP contribution in [0.3, 0.4) is 0 Å². The van der Waals surface area contributed by atoms with Gasteiger partial charge in [-0.2, -0.15) is 0 Å². The number of benzene rings is 2. The zero-order valence-electron chi connectivity index (χ0n) is 13.6. The Hall–Kier alpha value is -2.40. The van der Waals surface area contributed by atoms with Crippen molar-refractivity contribution in [3.8, 4) is 0 Å². The third-order valence-electron chi connectivity index (χ3n) is 3.30. The van der Waals surface area contributed by atoms with E-state index in [1.807, 2.05) is 0 Å². The standard InChI is InChI=1S/C18H18ClFN2O2/c1-18(2,3)22(17(24)12-8-10-13(19)11-9-12)21-16(23)14-6-4-5-7-15(14)20/h4-11H,1-3H3,(H,21,23). The highest BCUT2D eigenvalue weighted by Gasteiger charge is 2.30. The summed E-state index contributed by atoms with van der Waals surface area (Å²) >= 11 is 5.83. The molecule has 126 valence electrons. The van der Waals surface area contributed by atoms with Crippen LogP contribution in [0.15, 0.2) is 48.5 Å². The van der Waals surface area contributed by atoms with E-state index in [0.29, 0.717) is 10.6 Å². The molecule has 0 unspecified atom stereocenters. The molecule has 6 heteroatoms. The van der Waals surface area contributed by atoms with Crippen molar-refractivity contribution in [3.05, 3.63) is 70.5 Å². The highest BCUT2D eigenvalue weighted by atomic mass is 35.5. The zero-order valence-corrected chi connectivity index (χ0v) is 14.4. The number of nitrogens with zero attached hydrogens (tertiary/aromatic N) is 1. The van der Waals surface area contributed by atoms with E-state index in [1.165, 1.54) is 23.2 Å². The summed E-state index contributed by atoms with van der Waals surface area (Å²) in [6.45, 7) is 5.30. The number of nitrogens with one attached hydrogen (secondary N) is 1. The summed E-state index contributed by atoms with van der Waals surface area (Å²) in [6.07, 6.45) is 0. The van der Waals surface area contributed by atoms with Crippen LogP contribution in [-0.2, 0) is 0 Å². The van der Waals surface area contributed by atoms with E-state index in [1.54, 1.807) is 51.1 Å². The van der Waals surface area contributed by atoms with Crippen molar-refractivity contribution in [3.63, 3.8) is 0 Å². The Bertz CT molecular complexity index is 754. The van der Waals surface area contributed by atoms with E-state index in [2.05, 4.69) is 5.43 Å². The van der Waals surface area contributed by atoms with Gasteiger partial charge in [-0.15, -0.1) is 0 Å². The summed E-state index contributed by atoms with van der Waals surface area (Å²) in [5.74, 6) is -1.75. The number of carbonyl (C=O) groups is 2. The maximum atomic E-state index is 13.8. The topological polar surface area (TPSA) is 49.4 Å². The summed E-state index contributed by atoms with van der Waals surface area (Å²) in [7, 11) is 0. The first-order valence-corrected chi connectivity index (χ1v) is 7.73. The van der Waals surface area contributed by atoms with Crippen LogP contribution < -0.4 is 5.43 Å². The number of rotatable bonds is 2. The van der Waals surface area contributed by atoms with Crippen LogP contribution in [0.2, 0.25) is 5.02 Å². The molecule has 2 amide bonds. The van der Waals surface area contributed by atoms with Crippen molar-refractivity contribution in [2.75, 3.05) is 0 Å². The van der Waals surface area contributed by atoms with E-state index < -0.39 is 23.2 Å². The summed E-state index contributed by atoms with van der Waals surface area (Å²) in [5, 5.41) is 1.69. The third kappa shape index (κ3) is 4.11. The Morgan fingerprint density at radius 2 is 1.62 bits per heavy atom. The molecule has 24 heavy (non-hydrogen) atoms. The number of halogens is 2. The fraction of sp³-hybridized carbons (Fsp3) is 0.222. The summed E-state index contributed by atoms with van der Waals surface area (Å²) < 4.78 is 13.8. The Labute approximate surface area is 145 Å². The van der Waals surface area contributed by atoms with E-state index >= 15 is 0 Å². The number of carbonyl (C=O) groups excluding carboxylic acids is 2. The molecule has 0 aliphatic carbocycles. The Morgan fingerprint density at radius 3 is 2.17 bits per heavy atom. The van der Waals surface area contributed by atoms with Crippen molar-refractivity contribution >= 4 is 23.4 Å². The maximum Gasteiger partial charge on any atom is 0.272 e. The fourth-order valence-corrected chi connectivity index (χ4v) is 2.18. The molecule has 2 rings (SSSR count). The molecule has 0 radical (unpaired) electrons. The molecule has 4 nitrogen and oxygen atoms in total. The lowest BCUT2D eigenvalue weighted by Gasteiger charge is -2.35. The average molecular weight is 349 g/mol. The Morgan fingerprint density at radius 1 is 1.04 bits per heavy atom. The van der Waals surface area contributed by atoms with Crippen LogP contribution in [0, 0.1) is 5.82 Å². The van der Waals surface area contributed by atoms with Gasteiger partial charge in [-0.05, 0) is 57.2 Å². The average Bonchev–Trinajstić information content (AvgIpc) is 2.52. The molecule has 0 saturated carbocycles. The van der Waals surface area contributed by atoms with Gasteiger partial charge in [-0.3, -0.25) is 15.0 Å². The predicted molar refractivity (Wildman–Crippen MR) is 91.2 cm³/mol. The number of amides is 2. The van der Waals surface area contributed by atoms with Crippen LogP contribution in [-0.4, -0.2) is 22.4 Å². The minimum absolute atomic E-state index is 0.129. The molecule has 2 aromatic rings. The maximum absolute atomic E-state index is 13.8. The second-order valence-electron chi connectivity index (χ2n) is 6.24. The molecule has 0 aliphatic rings. The second kappa shape index (κ2) is 7.01. The van der Waals surface area contributed by atoms with E-state index in [-0.39, 0.29) is 5.56 Å². The molecule has 0 aromatic heterocycles. The second-order valence-corrected chi connectivity index (χ2v) is 6.68. The van der Waals surface area contributed by atoms with Gasteiger partial charge in [0.1, 0.15) is 5.82 Å². The molecular formula is C18H18ClFN2O2. The molecule has 0 bridgehead atoms. The fourth-order valence-electron chi connectivity index (χ4n) is 2.05. The van der Waals surface area contributed by atoms with Crippen molar-refractivity contribution in [1.82, 2.24) is 10.4 Å². The minimum Gasteiger partial charge on any atom is -0.267 e. The van der Waals surface area contributed by atoms with Gasteiger partial charge in [-0.25, -0.2) is 9.40 Å². The number of hydrogen-bond donors (Lipinski definition) is 1. The van der Waals surface area contributed by atoms with Crippen molar-refractivity contribution in [2.24, 2.45) is 0 Å². The van der Waals surface area contributed by atoms with Gasteiger partial charge in [0.05, 0.1) is 11.1 Å². The first-order valence-electron chi connectivity index (χ1n) is 7.36. The largest absolute Gasteiger partial charge is 0.272 e. The normalized spacial score (nSPS) is 11.0. The summed E-state index contributed by atoms with van der Waals surface area (Å²) in [4.78, 5) is 25.1. The van der Waals surface area contributed by atoms with Crippen LogP contribution in [0.4, 0.5) is 4.39 Å². The van der Waals surface area contributed by atoms with Gasteiger partial charge in [0.25, 0.3) is 11.8 Å². The van der Waals surface area contributed by atoms with Crippen molar-refractivity contribution in [1.29, 1.82) is 0 Å². The monoisotopic (exact) mass is 348 g/mol. The quantitative estimate of drug-likeness (QED) is 0.832. The SMILES string of the molecule is CC(C)(C)N(NC(=O)c1ccccc1F)C(=O)c1ccc(Cl)cc1. The number of hydrogen-bond acceptors (Lipinski definition) is 2. The molecule has 2 aromatic carbocycles. The summed E-state index contributed by atoms with van der Waals surface area (Å²) in [5.41, 5.74) is 2.02. The van der Waals surface area contributed by atoms with Gasteiger partial charge in [0, 0.05) is 10.6 Å². The highest BCUT2D eigenvalue weighted by Crippen LogP contribution is 2.18. The van der Waals surface area contributed by atoms with E-state index in [9.17, 15) is 14.0 Å². The highest BCUT2D eigenvalue weighted by molar-refractivity contribution is 6.30. The van der Waals surface area contributed by atoms with E-state index in [4.69, 9.17) is 11.6 Å². The van der Waals surface area contributed by atoms with Crippen molar-refractivity contribution < 1.29 is 14.0 Å². The molecule has 0 fully saturated rings. The lowest BCUT2D eigenvalue weighted by atomic mass is 10.1. The third-order valence-corrected chi connectivity index (χ3v) is 3.55. The zero-order chi connectivity index (χ0) is 17.9. The molecule has 0 saturated heterocycles. The predicted octanol–water partition coefficient (Wildman–Crippen LogP) is 4.06. The summed E-state index contributed by atoms with van der Waals surface area (Å²) in [6, 6.07) is 11.9. The van der Waals surface area contributed by atoms with Gasteiger partial charge in [0.15, 0.2) is 0 Å². The van der Waals surface area contributed by atoms with Crippen LogP contribution >= 0.6 is 11.6 Å². The first kappa shape index (κ1) is 17.9. The first-order chi connectivity index (χ1) is 11.2. The molecule has 0 aliphatic heterocycles. The Balaban J connectivity index is 2.29. The van der Waals surface area contributed by atoms with Gasteiger partial charge in [0.2, 0.25) is 0 Å². The Kier molecular flexibility index (Phi) is 5.24. The van der Waals surface area contributed by atoms with Gasteiger partial charge in [-0.1, -0.05) is 23.7 Å². The van der Waals surface area contributed by atoms with E-state index in [0.717, 1.165) is 0 Å². The van der Waals surface area contributed by atoms with Crippen molar-refractivity contribution in [2.45, 2.75) is 26.3 Å². The van der Waals surface area contributed by atoms with Crippen LogP contribution in [0.5, 0.6) is 0 Å². The molecule has 0 heterocycles. The molecular weight excluding hydrogens is 331 g/mol. The lowest BCUT2D eigenvalue weighted by Crippen LogP contribution is -2.56. The minimum atomic E-state index is -0.711. The lowest BCUT2D eigenvalue weighted by molar-refractivity contribution is 0.0357.